The average molecular weight is 566 g/mol. The Balaban J connectivity index is 0.00000225. The standard InChI is InChI=1S/C27H34.2CH3.2Y/c1-3-7-22(8-4-1)19-24-11-15-26(16-12-24)21-27-17-13-25(14-18-27)20-23-9-5-2-6-10-23;;;;/h1-2,11-18,22-23H,3-10,19-21H2;2*1H3;;/q-2;2*-1;;. The van der Waals surface area contributed by atoms with E-state index in [0.29, 0.717) is 0 Å². The van der Waals surface area contributed by atoms with Gasteiger partial charge in [-0.1, -0.05) is 74.2 Å². The van der Waals surface area contributed by atoms with Crippen molar-refractivity contribution in [3.8, 4) is 0 Å². The summed E-state index contributed by atoms with van der Waals surface area (Å²) in [6.07, 6.45) is 19.3. The summed E-state index contributed by atoms with van der Waals surface area (Å²) in [5.41, 5.74) is 5.91. The minimum absolute atomic E-state index is 0. The zero-order valence-corrected chi connectivity index (χ0v) is 25.5. The van der Waals surface area contributed by atoms with Gasteiger partial charge in [0.15, 0.2) is 0 Å². The molecular formula is C29H40Y2-4. The summed E-state index contributed by atoms with van der Waals surface area (Å²) in [6, 6.07) is 18.8. The Bertz CT molecular complexity index is 616. The van der Waals surface area contributed by atoms with Crippen LogP contribution in [0.25, 0.3) is 0 Å². The van der Waals surface area contributed by atoms with Gasteiger partial charge < -0.3 is 27.7 Å². The zero-order chi connectivity index (χ0) is 18.3. The molecule has 2 aliphatic carbocycles. The molecule has 2 aromatic carbocycles. The third kappa shape index (κ3) is 10.6. The molecular weight excluding hydrogens is 526 g/mol. The monoisotopic (exact) mass is 566 g/mol. The Kier molecular flexibility index (Phi) is 17.5. The van der Waals surface area contributed by atoms with Crippen LogP contribution in [-0.2, 0) is 84.7 Å². The largest absolute Gasteiger partial charge is 0.358 e. The maximum atomic E-state index is 2.46. The molecule has 0 nitrogen and oxygen atoms in total. The van der Waals surface area contributed by atoms with Gasteiger partial charge in [0.05, 0.1) is 0 Å². The summed E-state index contributed by atoms with van der Waals surface area (Å²) in [5.74, 6) is 1.80. The molecule has 0 aromatic heterocycles. The second-order valence-corrected chi connectivity index (χ2v) is 8.84. The number of benzene rings is 2. The summed E-state index contributed by atoms with van der Waals surface area (Å²) in [7, 11) is 0. The predicted octanol–water partition coefficient (Wildman–Crippen LogP) is 8.05. The third-order valence-electron chi connectivity index (χ3n) is 6.62. The van der Waals surface area contributed by atoms with Crippen molar-refractivity contribution in [1.29, 1.82) is 0 Å². The normalized spacial score (nSPS) is 16.8. The Hall–Kier alpha value is 0.648. The number of rotatable bonds is 6. The Morgan fingerprint density at radius 2 is 0.806 bits per heavy atom. The molecule has 0 spiro atoms. The fourth-order valence-electron chi connectivity index (χ4n) is 4.89. The third-order valence-corrected chi connectivity index (χ3v) is 6.62. The van der Waals surface area contributed by atoms with E-state index in [2.05, 4.69) is 61.4 Å². The molecule has 0 amide bonds. The molecule has 0 unspecified atom stereocenters. The molecule has 2 saturated carbocycles. The summed E-state index contributed by atoms with van der Waals surface area (Å²) < 4.78 is 0. The van der Waals surface area contributed by atoms with Crippen LogP contribution < -0.4 is 0 Å². The van der Waals surface area contributed by atoms with Gasteiger partial charge >= 0.3 is 0 Å². The van der Waals surface area contributed by atoms with Crippen LogP contribution in [0.3, 0.4) is 0 Å². The minimum atomic E-state index is 0. The Morgan fingerprint density at radius 1 is 0.516 bits per heavy atom. The summed E-state index contributed by atoms with van der Waals surface area (Å²) in [5, 5.41) is 0. The molecule has 0 aliphatic heterocycles. The minimum Gasteiger partial charge on any atom is -0.358 e. The first-order chi connectivity index (χ1) is 13.3. The number of hydrogen-bond donors (Lipinski definition) is 0. The van der Waals surface area contributed by atoms with Crippen molar-refractivity contribution in [2.24, 2.45) is 11.8 Å². The van der Waals surface area contributed by atoms with Crippen LogP contribution in [0.4, 0.5) is 0 Å². The molecule has 2 fully saturated rings. The summed E-state index contributed by atoms with van der Waals surface area (Å²) in [6.45, 7) is 0. The summed E-state index contributed by atoms with van der Waals surface area (Å²) in [4.78, 5) is 0. The molecule has 0 bridgehead atoms. The van der Waals surface area contributed by atoms with Crippen molar-refractivity contribution in [3.63, 3.8) is 0 Å². The van der Waals surface area contributed by atoms with Crippen LogP contribution >= 0.6 is 0 Å². The SMILES string of the molecule is [CH3-].[CH3-].[Y].[Y].c1cc(CC2CC[CH-]CC2)ccc1Cc1ccc(CC2CC[CH-]CC2)cc1. The van der Waals surface area contributed by atoms with Crippen molar-refractivity contribution >= 4 is 0 Å². The van der Waals surface area contributed by atoms with Gasteiger partial charge in [0.2, 0.25) is 0 Å². The topological polar surface area (TPSA) is 0 Å². The van der Waals surface area contributed by atoms with Gasteiger partial charge in [0.25, 0.3) is 0 Å². The van der Waals surface area contributed by atoms with Gasteiger partial charge in [-0.2, -0.15) is 25.7 Å². The van der Waals surface area contributed by atoms with Gasteiger partial charge in [0.1, 0.15) is 0 Å². The van der Waals surface area contributed by atoms with Gasteiger partial charge in [-0.05, 0) is 53.4 Å². The average Bonchev–Trinajstić information content (AvgIpc) is 2.73. The van der Waals surface area contributed by atoms with Crippen molar-refractivity contribution in [2.75, 3.05) is 0 Å². The van der Waals surface area contributed by atoms with E-state index in [-0.39, 0.29) is 80.3 Å². The van der Waals surface area contributed by atoms with Gasteiger partial charge in [-0.25, -0.2) is 0 Å². The molecule has 0 atom stereocenters. The second-order valence-electron chi connectivity index (χ2n) is 8.84. The quantitative estimate of drug-likeness (QED) is 0.311. The van der Waals surface area contributed by atoms with Crippen molar-refractivity contribution in [3.05, 3.63) is 98.5 Å². The molecule has 31 heavy (non-hydrogen) atoms. The van der Waals surface area contributed by atoms with Gasteiger partial charge in [-0.15, -0.1) is 0 Å². The predicted molar refractivity (Wildman–Crippen MR) is 128 cm³/mol. The van der Waals surface area contributed by atoms with Crippen molar-refractivity contribution in [2.45, 2.75) is 70.6 Å². The molecule has 2 aliphatic rings. The molecule has 4 rings (SSSR count). The van der Waals surface area contributed by atoms with E-state index in [1.54, 1.807) is 0 Å². The molecule has 2 radical (unpaired) electrons. The summed E-state index contributed by atoms with van der Waals surface area (Å²) >= 11 is 0. The Labute approximate surface area is 243 Å². The number of hydrogen-bond acceptors (Lipinski definition) is 0. The van der Waals surface area contributed by atoms with Crippen LogP contribution in [0.15, 0.2) is 48.5 Å². The van der Waals surface area contributed by atoms with Crippen LogP contribution in [-0.4, -0.2) is 0 Å². The molecule has 0 heterocycles. The van der Waals surface area contributed by atoms with E-state index in [1.807, 2.05) is 0 Å². The van der Waals surface area contributed by atoms with E-state index >= 15 is 0 Å². The van der Waals surface area contributed by atoms with E-state index < -0.39 is 0 Å². The van der Waals surface area contributed by atoms with Crippen molar-refractivity contribution < 1.29 is 65.4 Å². The van der Waals surface area contributed by atoms with Crippen LogP contribution in [0.5, 0.6) is 0 Å². The fraction of sp³-hybridized carbons (Fsp3) is 0.448. The first kappa shape index (κ1) is 31.6. The van der Waals surface area contributed by atoms with Crippen LogP contribution in [0.1, 0.15) is 73.6 Å². The van der Waals surface area contributed by atoms with Crippen molar-refractivity contribution in [1.82, 2.24) is 0 Å². The van der Waals surface area contributed by atoms with Gasteiger partial charge in [-0.3, -0.25) is 0 Å². The van der Waals surface area contributed by atoms with E-state index in [0.717, 1.165) is 18.3 Å². The molecule has 0 saturated heterocycles. The fourth-order valence-corrected chi connectivity index (χ4v) is 4.89. The van der Waals surface area contributed by atoms with E-state index in [4.69, 9.17) is 0 Å². The molecule has 0 N–H and O–H groups in total. The Morgan fingerprint density at radius 3 is 1.13 bits per heavy atom. The van der Waals surface area contributed by atoms with Gasteiger partial charge in [0, 0.05) is 65.4 Å². The first-order valence-electron chi connectivity index (χ1n) is 11.1. The smallest absolute Gasteiger partial charge is 0 e. The van der Waals surface area contributed by atoms with Crippen LogP contribution in [0, 0.1) is 39.5 Å². The first-order valence-corrected chi connectivity index (χ1v) is 11.1. The maximum absolute atomic E-state index is 2.46. The van der Waals surface area contributed by atoms with E-state index in [9.17, 15) is 0 Å². The molecule has 2 aromatic rings. The zero-order valence-electron chi connectivity index (χ0n) is 19.9. The van der Waals surface area contributed by atoms with Crippen LogP contribution in [0.2, 0.25) is 0 Å². The molecule has 166 valence electrons. The van der Waals surface area contributed by atoms with E-state index in [1.165, 1.54) is 86.5 Å². The molecule has 2 heteroatoms. The second kappa shape index (κ2) is 17.1. The maximum Gasteiger partial charge on any atom is 0 e.